The average molecular weight is 347 g/mol. The number of likely N-dealkylation sites (N-methyl/N-ethyl adjacent to an activating group) is 1. The minimum atomic E-state index is -3.25. The fraction of sp³-hybridized carbons (Fsp3) is 0.278. The molecule has 0 radical (unpaired) electrons. The highest BCUT2D eigenvalue weighted by molar-refractivity contribution is 7.90. The minimum Gasteiger partial charge on any atom is -0.481 e. The van der Waals surface area contributed by atoms with Gasteiger partial charge in [-0.3, -0.25) is 4.79 Å². The molecule has 2 aromatic carbocycles. The van der Waals surface area contributed by atoms with Gasteiger partial charge in [-0.2, -0.15) is 0 Å². The Morgan fingerprint density at radius 2 is 1.67 bits per heavy atom. The Balaban J connectivity index is 2.11. The number of hydrogen-bond donors (Lipinski definition) is 0. The van der Waals surface area contributed by atoms with Crippen LogP contribution in [0.25, 0.3) is 0 Å². The van der Waals surface area contributed by atoms with E-state index in [0.29, 0.717) is 12.3 Å². The van der Waals surface area contributed by atoms with Crippen molar-refractivity contribution in [3.63, 3.8) is 0 Å². The first-order valence-electron chi connectivity index (χ1n) is 7.66. The number of rotatable bonds is 6. The first-order chi connectivity index (χ1) is 11.3. The van der Waals surface area contributed by atoms with E-state index in [1.807, 2.05) is 37.3 Å². The van der Waals surface area contributed by atoms with E-state index >= 15 is 0 Å². The number of sulfone groups is 1. The summed E-state index contributed by atoms with van der Waals surface area (Å²) >= 11 is 0. The molecule has 0 saturated heterocycles. The summed E-state index contributed by atoms with van der Waals surface area (Å²) < 4.78 is 28.6. The van der Waals surface area contributed by atoms with Gasteiger partial charge in [0.15, 0.2) is 15.9 Å². The smallest absolute Gasteiger partial charge is 0.267 e. The highest BCUT2D eigenvalue weighted by atomic mass is 32.2. The maximum absolute atomic E-state index is 12.6. The summed E-state index contributed by atoms with van der Waals surface area (Å²) in [5, 5.41) is 0. The van der Waals surface area contributed by atoms with Crippen molar-refractivity contribution in [1.29, 1.82) is 0 Å². The molecule has 0 heterocycles. The Hall–Kier alpha value is -2.34. The predicted molar refractivity (Wildman–Crippen MR) is 94.1 cm³/mol. The maximum atomic E-state index is 12.6. The Bertz CT molecular complexity index is 786. The van der Waals surface area contributed by atoms with Gasteiger partial charge < -0.3 is 9.64 Å². The molecule has 0 aromatic heterocycles. The van der Waals surface area contributed by atoms with Crippen molar-refractivity contribution in [2.24, 2.45) is 0 Å². The standard InChI is InChI=1S/C18H21NO4S/c1-4-19(15-8-6-5-7-9-15)18(20)14(2)23-16-10-12-17(13-11-16)24(3,21)22/h5-14H,4H2,1-3H3. The second kappa shape index (κ2) is 7.49. The van der Waals surface area contributed by atoms with E-state index in [4.69, 9.17) is 4.74 Å². The normalized spacial score (nSPS) is 12.5. The number of amides is 1. The molecule has 0 aliphatic rings. The van der Waals surface area contributed by atoms with E-state index in [9.17, 15) is 13.2 Å². The summed E-state index contributed by atoms with van der Waals surface area (Å²) in [5.41, 5.74) is 0.813. The summed E-state index contributed by atoms with van der Waals surface area (Å²) in [6.45, 7) is 4.11. The monoisotopic (exact) mass is 347 g/mol. The van der Waals surface area contributed by atoms with Crippen molar-refractivity contribution in [2.45, 2.75) is 24.8 Å². The quantitative estimate of drug-likeness (QED) is 0.806. The summed E-state index contributed by atoms with van der Waals surface area (Å²) in [5.74, 6) is 0.295. The van der Waals surface area contributed by atoms with Gasteiger partial charge in [-0.05, 0) is 50.2 Å². The highest BCUT2D eigenvalue weighted by Crippen LogP contribution is 2.19. The zero-order valence-electron chi connectivity index (χ0n) is 14.0. The van der Waals surface area contributed by atoms with Crippen LogP contribution in [0.3, 0.4) is 0 Å². The number of carbonyl (C=O) groups excluding carboxylic acids is 1. The van der Waals surface area contributed by atoms with E-state index in [-0.39, 0.29) is 10.8 Å². The van der Waals surface area contributed by atoms with Gasteiger partial charge in [0.05, 0.1) is 4.90 Å². The maximum Gasteiger partial charge on any atom is 0.267 e. The number of para-hydroxylation sites is 1. The zero-order valence-corrected chi connectivity index (χ0v) is 14.8. The van der Waals surface area contributed by atoms with Crippen LogP contribution < -0.4 is 9.64 Å². The van der Waals surface area contributed by atoms with Crippen LogP contribution in [0.2, 0.25) is 0 Å². The minimum absolute atomic E-state index is 0.157. The molecule has 5 nitrogen and oxygen atoms in total. The number of nitrogens with zero attached hydrogens (tertiary/aromatic N) is 1. The Kier molecular flexibility index (Phi) is 5.62. The largest absolute Gasteiger partial charge is 0.481 e. The van der Waals surface area contributed by atoms with Gasteiger partial charge in [0, 0.05) is 18.5 Å². The molecule has 0 aliphatic carbocycles. The lowest BCUT2D eigenvalue weighted by molar-refractivity contribution is -0.124. The molecule has 0 aliphatic heterocycles. The lowest BCUT2D eigenvalue weighted by Gasteiger charge is -2.25. The zero-order chi connectivity index (χ0) is 17.7. The molecular formula is C18H21NO4S. The molecule has 128 valence electrons. The molecule has 6 heteroatoms. The fourth-order valence-electron chi connectivity index (χ4n) is 2.31. The van der Waals surface area contributed by atoms with Crippen molar-refractivity contribution >= 4 is 21.4 Å². The predicted octanol–water partition coefficient (Wildman–Crippen LogP) is 2.91. The fourth-order valence-corrected chi connectivity index (χ4v) is 2.94. The number of benzene rings is 2. The van der Waals surface area contributed by atoms with Gasteiger partial charge in [0.2, 0.25) is 0 Å². The van der Waals surface area contributed by atoms with Crippen LogP contribution in [0.5, 0.6) is 5.75 Å². The Morgan fingerprint density at radius 1 is 1.08 bits per heavy atom. The summed E-state index contributed by atoms with van der Waals surface area (Å²) in [4.78, 5) is 14.5. The first-order valence-corrected chi connectivity index (χ1v) is 9.55. The van der Waals surface area contributed by atoms with Gasteiger partial charge in [-0.15, -0.1) is 0 Å². The molecule has 1 unspecified atom stereocenters. The number of anilines is 1. The van der Waals surface area contributed by atoms with Gasteiger partial charge in [0.1, 0.15) is 5.75 Å². The highest BCUT2D eigenvalue weighted by Gasteiger charge is 2.22. The molecule has 2 rings (SSSR count). The average Bonchev–Trinajstić information content (AvgIpc) is 2.56. The van der Waals surface area contributed by atoms with Gasteiger partial charge in [0.25, 0.3) is 5.91 Å². The molecule has 1 atom stereocenters. The van der Waals surface area contributed by atoms with E-state index < -0.39 is 15.9 Å². The third-order valence-electron chi connectivity index (χ3n) is 3.56. The summed E-state index contributed by atoms with van der Waals surface area (Å²) in [6, 6.07) is 15.4. The van der Waals surface area contributed by atoms with Crippen molar-refractivity contribution < 1.29 is 17.9 Å². The third-order valence-corrected chi connectivity index (χ3v) is 4.69. The topological polar surface area (TPSA) is 63.7 Å². The van der Waals surface area contributed by atoms with Gasteiger partial charge >= 0.3 is 0 Å². The van der Waals surface area contributed by atoms with E-state index in [1.165, 1.54) is 12.1 Å². The summed E-state index contributed by atoms with van der Waals surface area (Å²) in [6.07, 6.45) is 0.461. The van der Waals surface area contributed by atoms with E-state index in [1.54, 1.807) is 24.0 Å². The van der Waals surface area contributed by atoms with Crippen LogP contribution in [0.1, 0.15) is 13.8 Å². The van der Waals surface area contributed by atoms with Crippen molar-refractivity contribution in [3.8, 4) is 5.75 Å². The molecule has 24 heavy (non-hydrogen) atoms. The Labute approximate surface area is 142 Å². The number of carbonyl (C=O) groups is 1. The van der Waals surface area contributed by atoms with Crippen LogP contribution in [0, 0.1) is 0 Å². The number of hydrogen-bond acceptors (Lipinski definition) is 4. The van der Waals surface area contributed by atoms with Gasteiger partial charge in [-0.25, -0.2) is 8.42 Å². The van der Waals surface area contributed by atoms with Crippen molar-refractivity contribution in [1.82, 2.24) is 0 Å². The Morgan fingerprint density at radius 3 is 2.17 bits per heavy atom. The molecule has 1 amide bonds. The first kappa shape index (κ1) is 18.0. The van der Waals surface area contributed by atoms with E-state index in [2.05, 4.69) is 0 Å². The number of ether oxygens (including phenoxy) is 1. The second-order valence-corrected chi connectivity index (χ2v) is 7.44. The van der Waals surface area contributed by atoms with Crippen LogP contribution in [-0.2, 0) is 14.6 Å². The molecule has 0 fully saturated rings. The molecule has 0 spiro atoms. The van der Waals surface area contributed by atoms with Gasteiger partial charge in [-0.1, -0.05) is 18.2 Å². The lowest BCUT2D eigenvalue weighted by Crippen LogP contribution is -2.40. The van der Waals surface area contributed by atoms with Crippen LogP contribution in [-0.4, -0.2) is 33.2 Å². The van der Waals surface area contributed by atoms with Crippen LogP contribution >= 0.6 is 0 Å². The van der Waals surface area contributed by atoms with Crippen molar-refractivity contribution in [3.05, 3.63) is 54.6 Å². The van der Waals surface area contributed by atoms with Crippen LogP contribution in [0.15, 0.2) is 59.5 Å². The van der Waals surface area contributed by atoms with E-state index in [0.717, 1.165) is 11.9 Å². The summed E-state index contributed by atoms with van der Waals surface area (Å²) in [7, 11) is -3.25. The second-order valence-electron chi connectivity index (χ2n) is 5.42. The van der Waals surface area contributed by atoms with Crippen molar-refractivity contribution in [2.75, 3.05) is 17.7 Å². The SMILES string of the molecule is CCN(C(=O)C(C)Oc1ccc(S(C)(=O)=O)cc1)c1ccccc1. The molecular weight excluding hydrogens is 326 g/mol. The third kappa shape index (κ3) is 4.35. The van der Waals surface area contributed by atoms with Crippen LogP contribution in [0.4, 0.5) is 5.69 Å². The molecule has 0 bridgehead atoms. The molecule has 0 saturated carbocycles. The molecule has 2 aromatic rings. The lowest BCUT2D eigenvalue weighted by atomic mass is 10.2. The molecule has 0 N–H and O–H groups in total.